The van der Waals surface area contributed by atoms with Gasteiger partial charge in [0.2, 0.25) is 0 Å². The largest absolute Gasteiger partial charge is 0.477 e. The molecule has 0 amide bonds. The van der Waals surface area contributed by atoms with Gasteiger partial charge in [-0.05, 0) is 18.8 Å². The van der Waals surface area contributed by atoms with E-state index in [1.807, 2.05) is 4.90 Å². The molecule has 1 aliphatic heterocycles. The summed E-state index contributed by atoms with van der Waals surface area (Å²) in [6, 6.07) is 1.49. The summed E-state index contributed by atoms with van der Waals surface area (Å²) < 4.78 is 0. The molecule has 0 unspecified atom stereocenters. The number of anilines is 1. The van der Waals surface area contributed by atoms with E-state index in [-0.39, 0.29) is 12.3 Å². The summed E-state index contributed by atoms with van der Waals surface area (Å²) in [6.45, 7) is 1.81. The zero-order valence-corrected chi connectivity index (χ0v) is 9.41. The van der Waals surface area contributed by atoms with Gasteiger partial charge in [-0.3, -0.25) is 0 Å². The van der Waals surface area contributed by atoms with Crippen LogP contribution in [0.4, 0.5) is 5.82 Å². The number of aromatic nitrogens is 2. The molecule has 1 aromatic rings. The van der Waals surface area contributed by atoms with Gasteiger partial charge in [-0.25, -0.2) is 14.8 Å². The number of carboxylic acid groups (broad SMARTS) is 1. The molecular formula is C11H15N3O3. The summed E-state index contributed by atoms with van der Waals surface area (Å²) in [5.41, 5.74) is 0.0132. The Bertz CT molecular complexity index is 403. The maximum atomic E-state index is 10.8. The predicted octanol–water partition coefficient (Wildman–Crippen LogP) is 0.384. The molecule has 1 saturated heterocycles. The molecule has 17 heavy (non-hydrogen) atoms. The van der Waals surface area contributed by atoms with Crippen LogP contribution in [0.15, 0.2) is 12.4 Å². The van der Waals surface area contributed by atoms with Crippen LogP contribution in [0.25, 0.3) is 0 Å². The van der Waals surface area contributed by atoms with Crippen LogP contribution in [-0.4, -0.2) is 45.8 Å². The number of nitrogens with zero attached hydrogens (tertiary/aromatic N) is 3. The lowest BCUT2D eigenvalue weighted by Crippen LogP contribution is -2.35. The Balaban J connectivity index is 2.08. The molecule has 0 spiro atoms. The zero-order valence-electron chi connectivity index (χ0n) is 9.41. The summed E-state index contributed by atoms with van der Waals surface area (Å²) in [6.07, 6.45) is 3.09. The average molecular weight is 237 g/mol. The van der Waals surface area contributed by atoms with Crippen LogP contribution < -0.4 is 4.90 Å². The summed E-state index contributed by atoms with van der Waals surface area (Å²) >= 11 is 0. The zero-order chi connectivity index (χ0) is 12.3. The number of rotatable bonds is 3. The Hall–Kier alpha value is -1.69. The van der Waals surface area contributed by atoms with Crippen LogP contribution in [0, 0.1) is 5.92 Å². The van der Waals surface area contributed by atoms with Crippen LogP contribution >= 0.6 is 0 Å². The van der Waals surface area contributed by atoms with E-state index in [9.17, 15) is 4.79 Å². The van der Waals surface area contributed by atoms with Crippen molar-refractivity contribution in [3.8, 4) is 0 Å². The van der Waals surface area contributed by atoms with Crippen LogP contribution in [0.3, 0.4) is 0 Å². The lowest BCUT2D eigenvalue weighted by Gasteiger charge is -2.31. The van der Waals surface area contributed by atoms with Gasteiger partial charge in [-0.2, -0.15) is 0 Å². The SMILES string of the molecule is O=C(O)c1cc(N2CCC(CO)CC2)ncn1. The highest BCUT2D eigenvalue weighted by Crippen LogP contribution is 2.21. The summed E-state index contributed by atoms with van der Waals surface area (Å²) in [4.78, 5) is 20.6. The maximum Gasteiger partial charge on any atom is 0.354 e. The van der Waals surface area contributed by atoms with Crippen LogP contribution in [0.1, 0.15) is 23.3 Å². The van der Waals surface area contributed by atoms with Gasteiger partial charge in [-0.15, -0.1) is 0 Å². The van der Waals surface area contributed by atoms with Crippen molar-refractivity contribution < 1.29 is 15.0 Å². The molecule has 1 fully saturated rings. The van der Waals surface area contributed by atoms with Crippen molar-refractivity contribution in [3.63, 3.8) is 0 Å². The van der Waals surface area contributed by atoms with Gasteiger partial charge in [-0.1, -0.05) is 0 Å². The molecule has 6 heteroatoms. The van der Waals surface area contributed by atoms with Gasteiger partial charge in [0.25, 0.3) is 0 Å². The van der Waals surface area contributed by atoms with E-state index in [1.54, 1.807) is 0 Å². The first-order valence-electron chi connectivity index (χ1n) is 5.62. The number of hydrogen-bond acceptors (Lipinski definition) is 5. The van der Waals surface area contributed by atoms with Crippen molar-refractivity contribution in [3.05, 3.63) is 18.1 Å². The summed E-state index contributed by atoms with van der Waals surface area (Å²) in [7, 11) is 0. The number of carbonyl (C=O) groups is 1. The number of carboxylic acids is 1. The molecule has 2 rings (SSSR count). The van der Waals surface area contributed by atoms with E-state index >= 15 is 0 Å². The fourth-order valence-corrected chi connectivity index (χ4v) is 1.98. The third-order valence-corrected chi connectivity index (χ3v) is 3.07. The molecule has 0 aromatic carbocycles. The molecule has 1 aliphatic rings. The van der Waals surface area contributed by atoms with E-state index < -0.39 is 5.97 Å². The van der Waals surface area contributed by atoms with Crippen molar-refractivity contribution in [2.45, 2.75) is 12.8 Å². The summed E-state index contributed by atoms with van der Waals surface area (Å²) in [5, 5.41) is 17.9. The first-order chi connectivity index (χ1) is 8.20. The van der Waals surface area contributed by atoms with Crippen molar-refractivity contribution in [1.82, 2.24) is 9.97 Å². The van der Waals surface area contributed by atoms with E-state index in [0.717, 1.165) is 25.9 Å². The van der Waals surface area contributed by atoms with Crippen molar-refractivity contribution in [1.29, 1.82) is 0 Å². The number of hydrogen-bond donors (Lipinski definition) is 2. The molecule has 0 atom stereocenters. The molecule has 0 radical (unpaired) electrons. The lowest BCUT2D eigenvalue weighted by atomic mass is 9.98. The molecular weight excluding hydrogens is 222 g/mol. The van der Waals surface area contributed by atoms with Crippen LogP contribution in [0.2, 0.25) is 0 Å². The second-order valence-corrected chi connectivity index (χ2v) is 4.18. The van der Waals surface area contributed by atoms with Crippen molar-refractivity contribution in [2.75, 3.05) is 24.6 Å². The first-order valence-corrected chi connectivity index (χ1v) is 5.62. The average Bonchev–Trinajstić information content (AvgIpc) is 2.39. The highest BCUT2D eigenvalue weighted by molar-refractivity contribution is 5.86. The molecule has 1 aromatic heterocycles. The lowest BCUT2D eigenvalue weighted by molar-refractivity contribution is 0.0690. The van der Waals surface area contributed by atoms with Gasteiger partial charge >= 0.3 is 5.97 Å². The number of aromatic carboxylic acids is 1. The third kappa shape index (κ3) is 2.71. The summed E-state index contributed by atoms with van der Waals surface area (Å²) in [5.74, 6) is -0.0419. The normalized spacial score (nSPS) is 17.1. The van der Waals surface area contributed by atoms with E-state index in [1.165, 1.54) is 12.4 Å². The topological polar surface area (TPSA) is 86.5 Å². The van der Waals surface area contributed by atoms with Crippen molar-refractivity contribution >= 4 is 11.8 Å². The molecule has 6 nitrogen and oxygen atoms in total. The Labute approximate surface area is 98.9 Å². The molecule has 2 N–H and O–H groups in total. The minimum Gasteiger partial charge on any atom is -0.477 e. The van der Waals surface area contributed by atoms with Gasteiger partial charge in [0.15, 0.2) is 5.69 Å². The molecule has 92 valence electrons. The molecule has 0 aliphatic carbocycles. The highest BCUT2D eigenvalue weighted by Gasteiger charge is 2.20. The Kier molecular flexibility index (Phi) is 3.53. The fourth-order valence-electron chi connectivity index (χ4n) is 1.98. The molecule has 2 heterocycles. The quantitative estimate of drug-likeness (QED) is 0.790. The van der Waals surface area contributed by atoms with Gasteiger partial charge in [0.1, 0.15) is 12.1 Å². The van der Waals surface area contributed by atoms with E-state index in [2.05, 4.69) is 9.97 Å². The maximum absolute atomic E-state index is 10.8. The third-order valence-electron chi connectivity index (χ3n) is 3.07. The second kappa shape index (κ2) is 5.09. The van der Waals surface area contributed by atoms with Gasteiger partial charge in [0.05, 0.1) is 0 Å². The van der Waals surface area contributed by atoms with Crippen LogP contribution in [0.5, 0.6) is 0 Å². The standard InChI is InChI=1S/C11H15N3O3/c15-6-8-1-3-14(4-2-8)10-5-9(11(16)17)12-7-13-10/h5,7-8,15H,1-4,6H2,(H,16,17). The molecule has 0 saturated carbocycles. The Morgan fingerprint density at radius 3 is 2.71 bits per heavy atom. The Morgan fingerprint density at radius 2 is 2.12 bits per heavy atom. The number of aliphatic hydroxyl groups excluding tert-OH is 1. The number of piperidine rings is 1. The smallest absolute Gasteiger partial charge is 0.354 e. The van der Waals surface area contributed by atoms with Gasteiger partial charge in [0, 0.05) is 25.8 Å². The van der Waals surface area contributed by atoms with Gasteiger partial charge < -0.3 is 15.1 Å². The first kappa shape index (κ1) is 11.8. The fraction of sp³-hybridized carbons (Fsp3) is 0.545. The predicted molar refractivity (Wildman–Crippen MR) is 61.0 cm³/mol. The van der Waals surface area contributed by atoms with E-state index in [4.69, 9.17) is 10.2 Å². The monoisotopic (exact) mass is 237 g/mol. The second-order valence-electron chi connectivity index (χ2n) is 4.18. The van der Waals surface area contributed by atoms with Crippen molar-refractivity contribution in [2.24, 2.45) is 5.92 Å². The Morgan fingerprint density at radius 1 is 1.41 bits per heavy atom. The minimum atomic E-state index is -1.04. The highest BCUT2D eigenvalue weighted by atomic mass is 16.4. The van der Waals surface area contributed by atoms with Crippen LogP contribution in [-0.2, 0) is 0 Å². The minimum absolute atomic E-state index is 0.0132. The molecule has 0 bridgehead atoms. The number of aliphatic hydroxyl groups is 1. The van der Waals surface area contributed by atoms with E-state index in [0.29, 0.717) is 11.7 Å².